The van der Waals surface area contributed by atoms with E-state index in [1.54, 1.807) is 10.8 Å². The van der Waals surface area contributed by atoms with E-state index in [9.17, 15) is 13.2 Å². The molecule has 0 unspecified atom stereocenters. The van der Waals surface area contributed by atoms with Crippen LogP contribution in [0.3, 0.4) is 0 Å². The summed E-state index contributed by atoms with van der Waals surface area (Å²) in [4.78, 5) is 8.20. The Morgan fingerprint density at radius 2 is 1.93 bits per heavy atom. The topological polar surface area (TPSA) is 66.0 Å². The lowest BCUT2D eigenvalue weighted by Crippen LogP contribution is -2.10. The summed E-state index contributed by atoms with van der Waals surface area (Å²) in [6, 6.07) is 10.6. The van der Waals surface area contributed by atoms with Gasteiger partial charge in [0, 0.05) is 23.7 Å². The van der Waals surface area contributed by atoms with Crippen molar-refractivity contribution in [3.63, 3.8) is 0 Å². The zero-order chi connectivity index (χ0) is 21.7. The standard InChI is InChI=1S/C22H23F3N4O/c1-3-7-15(2)29-12-19(17-10-18(22(23,24)25)21(26)27-11-17)28-20(29)14-30-13-16-8-5-4-6-9-16/h4-6,8-12H,2-3,7,13-14H2,1H3,(H2,26,27). The van der Waals surface area contributed by atoms with Crippen LogP contribution >= 0.6 is 0 Å². The first-order valence-electron chi connectivity index (χ1n) is 9.50. The van der Waals surface area contributed by atoms with Crippen LogP contribution in [0.15, 0.2) is 55.4 Å². The minimum absolute atomic E-state index is 0.187. The van der Waals surface area contributed by atoms with Crippen LogP contribution in [0.25, 0.3) is 17.0 Å². The third-order valence-corrected chi connectivity index (χ3v) is 4.52. The minimum Gasteiger partial charge on any atom is -0.383 e. The van der Waals surface area contributed by atoms with Gasteiger partial charge in [0.15, 0.2) is 0 Å². The van der Waals surface area contributed by atoms with Gasteiger partial charge < -0.3 is 15.0 Å². The van der Waals surface area contributed by atoms with E-state index in [1.165, 1.54) is 6.20 Å². The Kier molecular flexibility index (Phi) is 6.56. The molecule has 3 rings (SSSR count). The van der Waals surface area contributed by atoms with Crippen LogP contribution in [0.1, 0.15) is 36.7 Å². The molecule has 0 aliphatic rings. The van der Waals surface area contributed by atoms with Gasteiger partial charge in [-0.25, -0.2) is 9.97 Å². The zero-order valence-electron chi connectivity index (χ0n) is 16.6. The predicted octanol–water partition coefficient (Wildman–Crippen LogP) is 5.53. The van der Waals surface area contributed by atoms with Crippen LogP contribution in [0, 0.1) is 0 Å². The number of ether oxygens (including phenoxy) is 1. The highest BCUT2D eigenvalue weighted by atomic mass is 19.4. The molecular formula is C22H23F3N4O. The highest BCUT2D eigenvalue weighted by molar-refractivity contribution is 5.63. The molecule has 0 fully saturated rings. The van der Waals surface area contributed by atoms with E-state index < -0.39 is 17.6 Å². The first kappa shape index (κ1) is 21.6. The smallest absolute Gasteiger partial charge is 0.383 e. The monoisotopic (exact) mass is 416 g/mol. The second kappa shape index (κ2) is 9.13. The molecule has 0 saturated heterocycles. The zero-order valence-corrected chi connectivity index (χ0v) is 16.6. The molecule has 0 radical (unpaired) electrons. The Hall–Kier alpha value is -3.13. The van der Waals surface area contributed by atoms with Crippen LogP contribution in [-0.2, 0) is 24.1 Å². The van der Waals surface area contributed by atoms with Gasteiger partial charge in [-0.3, -0.25) is 0 Å². The summed E-state index contributed by atoms with van der Waals surface area (Å²) < 4.78 is 47.2. The number of hydrogen-bond acceptors (Lipinski definition) is 4. The minimum atomic E-state index is -4.59. The Morgan fingerprint density at radius 1 is 1.20 bits per heavy atom. The average molecular weight is 416 g/mol. The maximum Gasteiger partial charge on any atom is 0.419 e. The fourth-order valence-electron chi connectivity index (χ4n) is 3.02. The van der Waals surface area contributed by atoms with Gasteiger partial charge in [-0.15, -0.1) is 0 Å². The third kappa shape index (κ3) is 5.07. The largest absolute Gasteiger partial charge is 0.419 e. The average Bonchev–Trinajstić information content (AvgIpc) is 3.13. The lowest BCUT2D eigenvalue weighted by Gasteiger charge is -2.10. The van der Waals surface area contributed by atoms with Gasteiger partial charge >= 0.3 is 6.18 Å². The fraction of sp³-hybridized carbons (Fsp3) is 0.273. The lowest BCUT2D eigenvalue weighted by atomic mass is 10.1. The highest BCUT2D eigenvalue weighted by Gasteiger charge is 2.34. The number of aromatic nitrogens is 3. The number of imidazole rings is 1. The summed E-state index contributed by atoms with van der Waals surface area (Å²) in [5.41, 5.74) is 6.80. The number of halogens is 3. The number of alkyl halides is 3. The summed E-state index contributed by atoms with van der Waals surface area (Å²) in [6.45, 7) is 6.67. The van der Waals surface area contributed by atoms with Gasteiger partial charge in [-0.1, -0.05) is 50.3 Å². The first-order chi connectivity index (χ1) is 14.3. The van der Waals surface area contributed by atoms with Crippen molar-refractivity contribution in [2.75, 3.05) is 5.73 Å². The number of pyridine rings is 1. The van der Waals surface area contributed by atoms with E-state index in [0.29, 0.717) is 18.1 Å². The summed E-state index contributed by atoms with van der Waals surface area (Å²) in [5.74, 6) is -0.00254. The molecule has 3 aromatic rings. The molecule has 158 valence electrons. The number of rotatable bonds is 8. The molecule has 0 spiro atoms. The van der Waals surface area contributed by atoms with E-state index in [0.717, 1.165) is 30.2 Å². The lowest BCUT2D eigenvalue weighted by molar-refractivity contribution is -0.137. The van der Waals surface area contributed by atoms with Crippen LogP contribution in [0.5, 0.6) is 0 Å². The van der Waals surface area contributed by atoms with Crippen molar-refractivity contribution in [3.05, 3.63) is 72.3 Å². The quantitative estimate of drug-likeness (QED) is 0.524. The fourth-order valence-corrected chi connectivity index (χ4v) is 3.02. The van der Waals surface area contributed by atoms with Crippen LogP contribution in [-0.4, -0.2) is 14.5 Å². The molecule has 2 N–H and O–H groups in total. The van der Waals surface area contributed by atoms with E-state index >= 15 is 0 Å². The molecule has 2 heterocycles. The third-order valence-electron chi connectivity index (χ3n) is 4.52. The number of nitrogen functional groups attached to an aromatic ring is 1. The molecule has 5 nitrogen and oxygen atoms in total. The molecule has 0 aliphatic carbocycles. The molecule has 8 heteroatoms. The SMILES string of the molecule is C=C(CCC)n1cc(-c2cnc(N)c(C(F)(F)F)c2)nc1COCc1ccccc1. The van der Waals surface area contributed by atoms with Crippen molar-refractivity contribution in [1.29, 1.82) is 0 Å². The van der Waals surface area contributed by atoms with Crippen LogP contribution < -0.4 is 5.73 Å². The highest BCUT2D eigenvalue weighted by Crippen LogP contribution is 2.35. The summed E-state index contributed by atoms with van der Waals surface area (Å²) in [5, 5.41) is 0. The summed E-state index contributed by atoms with van der Waals surface area (Å²) in [6.07, 6.45) is -0.0579. The van der Waals surface area contributed by atoms with Gasteiger partial charge in [-0.2, -0.15) is 13.2 Å². The van der Waals surface area contributed by atoms with Gasteiger partial charge in [-0.05, 0) is 18.1 Å². The molecule has 2 aromatic heterocycles. The van der Waals surface area contributed by atoms with Crippen LogP contribution in [0.2, 0.25) is 0 Å². The molecule has 1 aromatic carbocycles. The second-order valence-corrected chi connectivity index (χ2v) is 6.86. The number of allylic oxidation sites excluding steroid dienone is 1. The van der Waals surface area contributed by atoms with Crippen molar-refractivity contribution < 1.29 is 17.9 Å². The van der Waals surface area contributed by atoms with Gasteiger partial charge in [0.05, 0.1) is 17.9 Å². The predicted molar refractivity (Wildman–Crippen MR) is 110 cm³/mol. The second-order valence-electron chi connectivity index (χ2n) is 6.86. The van der Waals surface area contributed by atoms with E-state index in [4.69, 9.17) is 10.5 Å². The number of nitrogens with zero attached hydrogens (tertiary/aromatic N) is 3. The maximum atomic E-state index is 13.2. The van der Waals surface area contributed by atoms with Crippen molar-refractivity contribution in [3.8, 4) is 11.3 Å². The molecule has 0 bridgehead atoms. The Labute approximate surface area is 173 Å². The Morgan fingerprint density at radius 3 is 2.60 bits per heavy atom. The number of hydrogen-bond donors (Lipinski definition) is 1. The van der Waals surface area contributed by atoms with Crippen LogP contribution in [0.4, 0.5) is 19.0 Å². The number of anilines is 1. The summed E-state index contributed by atoms with van der Waals surface area (Å²) >= 11 is 0. The summed E-state index contributed by atoms with van der Waals surface area (Å²) in [7, 11) is 0. The van der Waals surface area contributed by atoms with Crippen molar-refractivity contribution in [2.24, 2.45) is 0 Å². The molecule has 0 saturated carbocycles. The molecular weight excluding hydrogens is 393 g/mol. The van der Waals surface area contributed by atoms with Crippen molar-refractivity contribution in [2.45, 2.75) is 39.2 Å². The maximum absolute atomic E-state index is 13.2. The molecule has 0 atom stereocenters. The Bertz CT molecular complexity index is 1010. The van der Waals surface area contributed by atoms with Gasteiger partial charge in [0.2, 0.25) is 0 Å². The van der Waals surface area contributed by atoms with Gasteiger partial charge in [0.25, 0.3) is 0 Å². The first-order valence-corrected chi connectivity index (χ1v) is 9.50. The van der Waals surface area contributed by atoms with E-state index in [2.05, 4.69) is 16.5 Å². The Balaban J connectivity index is 1.89. The van der Waals surface area contributed by atoms with E-state index in [-0.39, 0.29) is 12.2 Å². The number of benzene rings is 1. The molecule has 0 aliphatic heterocycles. The van der Waals surface area contributed by atoms with E-state index in [1.807, 2.05) is 37.3 Å². The number of nitrogens with two attached hydrogens (primary N) is 1. The normalized spacial score (nSPS) is 11.6. The van der Waals surface area contributed by atoms with Crippen molar-refractivity contribution in [1.82, 2.24) is 14.5 Å². The molecule has 0 amide bonds. The van der Waals surface area contributed by atoms with Gasteiger partial charge in [0.1, 0.15) is 18.2 Å². The van der Waals surface area contributed by atoms with Crippen molar-refractivity contribution >= 4 is 11.5 Å². The molecule has 30 heavy (non-hydrogen) atoms.